The van der Waals surface area contributed by atoms with E-state index in [2.05, 4.69) is 33.1 Å². The van der Waals surface area contributed by atoms with Crippen molar-refractivity contribution >= 4 is 11.6 Å². The van der Waals surface area contributed by atoms with E-state index >= 15 is 0 Å². The number of aromatic nitrogens is 1. The quantitative estimate of drug-likeness (QED) is 0.861. The summed E-state index contributed by atoms with van der Waals surface area (Å²) in [7, 11) is 1.62. The Kier molecular flexibility index (Phi) is 6.20. The third-order valence-electron chi connectivity index (χ3n) is 4.73. The first-order valence-electron chi connectivity index (χ1n) is 8.92. The zero-order valence-corrected chi connectivity index (χ0v) is 15.4. The third kappa shape index (κ3) is 5.03. The van der Waals surface area contributed by atoms with Gasteiger partial charge < -0.3 is 10.1 Å². The normalized spacial score (nSPS) is 15.6. The molecule has 0 spiro atoms. The number of benzene rings is 1. The summed E-state index contributed by atoms with van der Waals surface area (Å²) in [5.41, 5.74) is 3.32. The largest absolute Gasteiger partial charge is 0.497 e. The molecule has 0 atom stereocenters. The number of amides is 1. The molecule has 6 heteroatoms. The molecule has 1 aromatic carbocycles. The Hall–Kier alpha value is -2.44. The minimum Gasteiger partial charge on any atom is -0.497 e. The van der Waals surface area contributed by atoms with Crippen LogP contribution in [0.3, 0.4) is 0 Å². The summed E-state index contributed by atoms with van der Waals surface area (Å²) in [6.45, 7) is 7.16. The van der Waals surface area contributed by atoms with Crippen LogP contribution in [0.25, 0.3) is 0 Å². The second-order valence-electron chi connectivity index (χ2n) is 6.63. The fourth-order valence-corrected chi connectivity index (χ4v) is 3.11. The van der Waals surface area contributed by atoms with Crippen molar-refractivity contribution in [1.82, 2.24) is 14.8 Å². The van der Waals surface area contributed by atoms with Gasteiger partial charge in [-0.05, 0) is 36.2 Å². The van der Waals surface area contributed by atoms with Gasteiger partial charge in [0.1, 0.15) is 5.75 Å². The molecule has 2 heterocycles. The monoisotopic (exact) mass is 354 g/mol. The van der Waals surface area contributed by atoms with E-state index in [9.17, 15) is 4.79 Å². The van der Waals surface area contributed by atoms with Gasteiger partial charge in [-0.15, -0.1) is 0 Å². The van der Waals surface area contributed by atoms with Crippen LogP contribution < -0.4 is 10.1 Å². The lowest BCUT2D eigenvalue weighted by atomic mass is 10.1. The van der Waals surface area contributed by atoms with Crippen molar-refractivity contribution in [3.63, 3.8) is 0 Å². The lowest BCUT2D eigenvalue weighted by Gasteiger charge is -2.34. The molecule has 1 saturated heterocycles. The van der Waals surface area contributed by atoms with Crippen LogP contribution in [0.1, 0.15) is 11.1 Å². The summed E-state index contributed by atoms with van der Waals surface area (Å²) in [4.78, 5) is 21.1. The van der Waals surface area contributed by atoms with Crippen LogP contribution in [0.4, 0.5) is 5.69 Å². The van der Waals surface area contributed by atoms with Gasteiger partial charge in [0, 0.05) is 56.9 Å². The van der Waals surface area contributed by atoms with Gasteiger partial charge in [0.25, 0.3) is 0 Å². The molecule has 0 radical (unpaired) electrons. The Morgan fingerprint density at radius 1 is 1.19 bits per heavy atom. The Labute approximate surface area is 154 Å². The first-order valence-corrected chi connectivity index (χ1v) is 8.92. The zero-order chi connectivity index (χ0) is 18.4. The summed E-state index contributed by atoms with van der Waals surface area (Å²) in [6.07, 6.45) is 3.78. The molecule has 0 bridgehead atoms. The van der Waals surface area contributed by atoms with Gasteiger partial charge in [-0.3, -0.25) is 19.6 Å². The van der Waals surface area contributed by atoms with Crippen LogP contribution in [-0.2, 0) is 11.3 Å². The molecule has 1 aliphatic heterocycles. The number of methoxy groups -OCH3 is 1. The highest BCUT2D eigenvalue weighted by Crippen LogP contribution is 2.17. The minimum atomic E-state index is 0.00908. The lowest BCUT2D eigenvalue weighted by molar-refractivity contribution is -0.117. The maximum absolute atomic E-state index is 12.3. The molecule has 1 aliphatic rings. The summed E-state index contributed by atoms with van der Waals surface area (Å²) in [5, 5.41) is 2.94. The van der Waals surface area contributed by atoms with Gasteiger partial charge in [-0.25, -0.2) is 0 Å². The molecule has 2 aromatic rings. The molecule has 0 unspecified atom stereocenters. The van der Waals surface area contributed by atoms with Crippen molar-refractivity contribution < 1.29 is 9.53 Å². The minimum absolute atomic E-state index is 0.00908. The molecule has 1 fully saturated rings. The van der Waals surface area contributed by atoms with Gasteiger partial charge in [0.15, 0.2) is 0 Å². The van der Waals surface area contributed by atoms with Crippen LogP contribution in [0.2, 0.25) is 0 Å². The highest BCUT2D eigenvalue weighted by molar-refractivity contribution is 5.92. The molecule has 0 saturated carbocycles. The summed E-state index contributed by atoms with van der Waals surface area (Å²) in [5.74, 6) is 0.747. The van der Waals surface area contributed by atoms with Crippen LogP contribution in [-0.4, -0.2) is 60.5 Å². The molecule has 138 valence electrons. The molecular weight excluding hydrogens is 328 g/mol. The van der Waals surface area contributed by atoms with Crippen LogP contribution >= 0.6 is 0 Å². The van der Waals surface area contributed by atoms with Crippen LogP contribution in [0, 0.1) is 6.92 Å². The van der Waals surface area contributed by atoms with E-state index < -0.39 is 0 Å². The number of hydrogen-bond donors (Lipinski definition) is 1. The Balaban J connectivity index is 1.44. The third-order valence-corrected chi connectivity index (χ3v) is 4.73. The Bertz CT molecular complexity index is 742. The van der Waals surface area contributed by atoms with Gasteiger partial charge in [0.2, 0.25) is 5.91 Å². The SMILES string of the molecule is COc1cccc(NC(=O)CN2CCN(Cc3cnccc3C)CC2)c1. The predicted molar refractivity (Wildman–Crippen MR) is 102 cm³/mol. The predicted octanol–water partition coefficient (Wildman–Crippen LogP) is 2.15. The van der Waals surface area contributed by atoms with E-state index in [0.717, 1.165) is 44.2 Å². The van der Waals surface area contributed by atoms with Crippen molar-refractivity contribution in [2.45, 2.75) is 13.5 Å². The summed E-state index contributed by atoms with van der Waals surface area (Å²) < 4.78 is 5.18. The number of ether oxygens (including phenoxy) is 1. The topological polar surface area (TPSA) is 57.7 Å². The summed E-state index contributed by atoms with van der Waals surface area (Å²) >= 11 is 0. The van der Waals surface area contributed by atoms with Crippen molar-refractivity contribution in [3.8, 4) is 5.75 Å². The van der Waals surface area contributed by atoms with Crippen molar-refractivity contribution in [1.29, 1.82) is 0 Å². The van der Waals surface area contributed by atoms with E-state index in [-0.39, 0.29) is 5.91 Å². The second-order valence-corrected chi connectivity index (χ2v) is 6.63. The van der Waals surface area contributed by atoms with Crippen LogP contribution in [0.15, 0.2) is 42.7 Å². The van der Waals surface area contributed by atoms with E-state index in [1.165, 1.54) is 11.1 Å². The number of carbonyl (C=O) groups is 1. The molecule has 3 rings (SSSR count). The van der Waals surface area contributed by atoms with E-state index in [4.69, 9.17) is 4.74 Å². The van der Waals surface area contributed by atoms with Crippen molar-refractivity contribution in [3.05, 3.63) is 53.9 Å². The molecule has 26 heavy (non-hydrogen) atoms. The fourth-order valence-electron chi connectivity index (χ4n) is 3.11. The highest BCUT2D eigenvalue weighted by atomic mass is 16.5. The lowest BCUT2D eigenvalue weighted by Crippen LogP contribution is -2.48. The van der Waals surface area contributed by atoms with E-state index in [0.29, 0.717) is 6.54 Å². The molecule has 1 amide bonds. The highest BCUT2D eigenvalue weighted by Gasteiger charge is 2.19. The van der Waals surface area contributed by atoms with Crippen molar-refractivity contribution in [2.75, 3.05) is 45.2 Å². The number of carbonyl (C=O) groups excluding carboxylic acids is 1. The number of rotatable bonds is 6. The van der Waals surface area contributed by atoms with Gasteiger partial charge >= 0.3 is 0 Å². The number of hydrogen-bond acceptors (Lipinski definition) is 5. The Morgan fingerprint density at radius 3 is 2.69 bits per heavy atom. The fraction of sp³-hybridized carbons (Fsp3) is 0.400. The number of nitrogens with zero attached hydrogens (tertiary/aromatic N) is 3. The molecule has 6 nitrogen and oxygen atoms in total. The maximum atomic E-state index is 12.3. The number of anilines is 1. The smallest absolute Gasteiger partial charge is 0.238 e. The second kappa shape index (κ2) is 8.78. The number of aryl methyl sites for hydroxylation is 1. The number of nitrogens with one attached hydrogen (secondary N) is 1. The molecular formula is C20H26N4O2. The van der Waals surface area contributed by atoms with Crippen LogP contribution in [0.5, 0.6) is 5.75 Å². The first-order chi connectivity index (χ1) is 12.6. The molecule has 0 aliphatic carbocycles. The van der Waals surface area contributed by atoms with Gasteiger partial charge in [-0.2, -0.15) is 0 Å². The molecule has 1 N–H and O–H groups in total. The standard InChI is InChI=1S/C20H26N4O2/c1-16-6-7-21-13-17(16)14-23-8-10-24(11-9-23)15-20(25)22-18-4-3-5-19(12-18)26-2/h3-7,12-13H,8-11,14-15H2,1-2H3,(H,22,25). The van der Waals surface area contributed by atoms with Gasteiger partial charge in [-0.1, -0.05) is 6.07 Å². The van der Waals surface area contributed by atoms with E-state index in [1.807, 2.05) is 36.7 Å². The average molecular weight is 354 g/mol. The first kappa shape index (κ1) is 18.4. The maximum Gasteiger partial charge on any atom is 0.238 e. The van der Waals surface area contributed by atoms with Gasteiger partial charge in [0.05, 0.1) is 13.7 Å². The Morgan fingerprint density at radius 2 is 1.96 bits per heavy atom. The average Bonchev–Trinajstić information content (AvgIpc) is 2.65. The van der Waals surface area contributed by atoms with E-state index in [1.54, 1.807) is 7.11 Å². The number of pyridine rings is 1. The molecule has 1 aromatic heterocycles. The van der Waals surface area contributed by atoms with Crippen molar-refractivity contribution in [2.24, 2.45) is 0 Å². The number of piperazine rings is 1. The summed E-state index contributed by atoms with van der Waals surface area (Å²) in [6, 6.07) is 9.47. The zero-order valence-electron chi connectivity index (χ0n) is 15.4.